The van der Waals surface area contributed by atoms with Crippen molar-refractivity contribution in [2.75, 3.05) is 0 Å². The normalized spacial score (nSPS) is 11.6. The topological polar surface area (TPSA) is 9.86 Å². The minimum Gasteiger partial charge on any atom is -0.310 e. The van der Waals surface area contributed by atoms with E-state index in [-0.39, 0.29) is 0 Å². The number of aromatic nitrogens is 2. The molecule has 2 nitrogen and oxygen atoms in total. The van der Waals surface area contributed by atoms with Gasteiger partial charge in [0.15, 0.2) is 0 Å². The molecule has 2 heterocycles. The monoisotopic (exact) mass is 652 g/mol. The summed E-state index contributed by atoms with van der Waals surface area (Å²) in [6.45, 7) is 6.19. The molecule has 0 N–H and O–H groups in total. The van der Waals surface area contributed by atoms with Crippen molar-refractivity contribution >= 4 is 38.8 Å². The van der Waals surface area contributed by atoms with Gasteiger partial charge in [-0.25, -0.2) is 0 Å². The number of hydrogen-bond acceptors (Lipinski definition) is 0. The third-order valence-electron chi connectivity index (χ3n) is 10.1. The van der Waals surface area contributed by atoms with E-state index in [1.165, 1.54) is 77.3 Å². The van der Waals surface area contributed by atoms with E-state index in [2.05, 4.69) is 199 Å². The van der Waals surface area contributed by atoms with Crippen LogP contribution in [0.15, 0.2) is 189 Å². The summed E-state index contributed by atoms with van der Waals surface area (Å²) in [6.07, 6.45) is 6.04. The first kappa shape index (κ1) is 30.4. The van der Waals surface area contributed by atoms with Gasteiger partial charge >= 0.3 is 0 Å². The number of benzene rings is 7. The average Bonchev–Trinajstić information content (AvgIpc) is 3.68. The molecule has 2 heteroatoms. The molecule has 242 valence electrons. The molecule has 0 aliphatic rings. The molecule has 0 spiro atoms. The largest absolute Gasteiger partial charge is 0.310 e. The van der Waals surface area contributed by atoms with Gasteiger partial charge in [0.1, 0.15) is 0 Å². The van der Waals surface area contributed by atoms with E-state index in [0.717, 1.165) is 11.4 Å². The molecule has 0 fully saturated rings. The smallest absolute Gasteiger partial charge is 0.0541 e. The third-order valence-corrected chi connectivity index (χ3v) is 10.1. The molecule has 7 aromatic carbocycles. The lowest BCUT2D eigenvalue weighted by Gasteiger charge is -2.14. The van der Waals surface area contributed by atoms with Crippen LogP contribution in [0.4, 0.5) is 0 Å². The molecule has 0 atom stereocenters. The zero-order valence-electron chi connectivity index (χ0n) is 28.5. The van der Waals surface area contributed by atoms with Crippen LogP contribution in [0.3, 0.4) is 0 Å². The summed E-state index contributed by atoms with van der Waals surface area (Å²) >= 11 is 0. The van der Waals surface area contributed by atoms with Gasteiger partial charge in [0.25, 0.3) is 0 Å². The Morgan fingerprint density at radius 2 is 1.04 bits per heavy atom. The number of para-hydroxylation sites is 2. The van der Waals surface area contributed by atoms with E-state index in [9.17, 15) is 0 Å². The van der Waals surface area contributed by atoms with Crippen LogP contribution in [0.25, 0.3) is 83.5 Å². The molecule has 9 rings (SSSR count). The second-order valence-electron chi connectivity index (χ2n) is 13.1. The number of fused-ring (bicyclic) bond motifs is 4. The van der Waals surface area contributed by atoms with Crippen LogP contribution in [-0.2, 0) is 0 Å². The van der Waals surface area contributed by atoms with Crippen molar-refractivity contribution in [1.82, 2.24) is 9.13 Å². The molecule has 9 aromatic rings. The fourth-order valence-corrected chi connectivity index (χ4v) is 7.68. The van der Waals surface area contributed by atoms with Gasteiger partial charge in [-0.15, -0.1) is 0 Å². The minimum absolute atomic E-state index is 1.14. The lowest BCUT2D eigenvalue weighted by molar-refractivity contribution is 1.10. The molecule has 2 aromatic heterocycles. The predicted molar refractivity (Wildman–Crippen MR) is 218 cm³/mol. The first-order valence-electron chi connectivity index (χ1n) is 17.5. The Morgan fingerprint density at radius 3 is 1.80 bits per heavy atom. The van der Waals surface area contributed by atoms with Gasteiger partial charge < -0.3 is 9.13 Å². The van der Waals surface area contributed by atoms with E-state index in [4.69, 9.17) is 0 Å². The fraction of sp³-hybridized carbons (Fsp3) is 0.0204. The summed E-state index contributed by atoms with van der Waals surface area (Å²) < 4.78 is 4.80. The zero-order chi connectivity index (χ0) is 34.3. The molecule has 0 saturated carbocycles. The standard InChI is InChI=1S/C49H36N2/c1-3-4-24-45-34(2)43-32-38(27-29-48(43)50(45)40-21-15-20-37(31-40)35-16-7-5-8-17-35)39-28-30-49-44(33-39)42-23-12-14-26-47(42)51(49)46-25-13-11-22-41(46)36-18-9-6-10-19-36/h3-33H,1H2,2H3/b24-4-. The minimum atomic E-state index is 1.14. The van der Waals surface area contributed by atoms with Crippen molar-refractivity contribution < 1.29 is 0 Å². The van der Waals surface area contributed by atoms with Gasteiger partial charge in [-0.05, 0) is 94.9 Å². The average molecular weight is 653 g/mol. The van der Waals surface area contributed by atoms with E-state index < -0.39 is 0 Å². The van der Waals surface area contributed by atoms with Gasteiger partial charge in [-0.3, -0.25) is 0 Å². The number of rotatable bonds is 7. The molecular weight excluding hydrogens is 617 g/mol. The molecule has 0 aliphatic carbocycles. The first-order valence-corrected chi connectivity index (χ1v) is 17.5. The highest BCUT2D eigenvalue weighted by Gasteiger charge is 2.18. The quantitative estimate of drug-likeness (QED) is 0.152. The Morgan fingerprint density at radius 1 is 0.451 bits per heavy atom. The predicted octanol–water partition coefficient (Wildman–Crippen LogP) is 13.2. The molecule has 0 unspecified atom stereocenters. The van der Waals surface area contributed by atoms with E-state index in [1.54, 1.807) is 0 Å². The summed E-state index contributed by atoms with van der Waals surface area (Å²) in [7, 11) is 0. The fourth-order valence-electron chi connectivity index (χ4n) is 7.68. The number of nitrogens with zero attached hydrogens (tertiary/aromatic N) is 2. The van der Waals surface area contributed by atoms with Crippen LogP contribution in [0.5, 0.6) is 0 Å². The van der Waals surface area contributed by atoms with E-state index in [0.29, 0.717) is 0 Å². The molecule has 0 bridgehead atoms. The molecule has 0 aliphatic heterocycles. The van der Waals surface area contributed by atoms with Crippen molar-refractivity contribution in [3.8, 4) is 44.8 Å². The SMILES string of the molecule is C=C/C=C\c1c(C)c2cc(-c3ccc4c(c3)c3ccccc3n4-c3ccccc3-c3ccccc3)ccc2n1-c1cccc(-c2ccccc2)c1. The first-order chi connectivity index (χ1) is 25.2. The Balaban J connectivity index is 1.20. The second kappa shape index (κ2) is 12.7. The molecule has 0 saturated heterocycles. The lowest BCUT2D eigenvalue weighted by Crippen LogP contribution is -1.97. The van der Waals surface area contributed by atoms with Crippen molar-refractivity contribution in [3.63, 3.8) is 0 Å². The highest BCUT2D eigenvalue weighted by Crippen LogP contribution is 2.39. The van der Waals surface area contributed by atoms with Crippen LogP contribution in [0.2, 0.25) is 0 Å². The maximum absolute atomic E-state index is 3.96. The summed E-state index contributed by atoms with van der Waals surface area (Å²) in [4.78, 5) is 0. The Labute approximate surface area is 298 Å². The van der Waals surface area contributed by atoms with Gasteiger partial charge in [0, 0.05) is 33.1 Å². The second-order valence-corrected chi connectivity index (χ2v) is 13.1. The molecule has 0 radical (unpaired) electrons. The summed E-state index contributed by atoms with van der Waals surface area (Å²) in [5.74, 6) is 0. The number of aryl methyl sites for hydroxylation is 1. The van der Waals surface area contributed by atoms with E-state index >= 15 is 0 Å². The lowest BCUT2D eigenvalue weighted by atomic mass is 10.00. The van der Waals surface area contributed by atoms with Crippen molar-refractivity contribution in [2.24, 2.45) is 0 Å². The van der Waals surface area contributed by atoms with E-state index in [1.807, 2.05) is 12.2 Å². The van der Waals surface area contributed by atoms with Gasteiger partial charge in [0.05, 0.1) is 22.2 Å². The van der Waals surface area contributed by atoms with Crippen molar-refractivity contribution in [1.29, 1.82) is 0 Å². The number of allylic oxidation sites excluding steroid dienone is 2. The van der Waals surface area contributed by atoms with Crippen molar-refractivity contribution in [2.45, 2.75) is 6.92 Å². The maximum Gasteiger partial charge on any atom is 0.0541 e. The van der Waals surface area contributed by atoms with Crippen LogP contribution in [0, 0.1) is 6.92 Å². The highest BCUT2D eigenvalue weighted by molar-refractivity contribution is 6.11. The maximum atomic E-state index is 3.96. The van der Waals surface area contributed by atoms with Crippen LogP contribution in [0.1, 0.15) is 11.3 Å². The van der Waals surface area contributed by atoms with Crippen LogP contribution in [-0.4, -0.2) is 9.13 Å². The zero-order valence-corrected chi connectivity index (χ0v) is 28.5. The summed E-state index contributed by atoms with van der Waals surface area (Å²) in [6, 6.07) is 61.4. The summed E-state index contributed by atoms with van der Waals surface area (Å²) in [5, 5.41) is 3.73. The Bertz CT molecular complexity index is 2760. The van der Waals surface area contributed by atoms with Crippen LogP contribution < -0.4 is 0 Å². The van der Waals surface area contributed by atoms with Gasteiger partial charge in [-0.1, -0.05) is 140 Å². The van der Waals surface area contributed by atoms with Crippen LogP contribution >= 0.6 is 0 Å². The molecule has 51 heavy (non-hydrogen) atoms. The third kappa shape index (κ3) is 5.21. The Hall–Kier alpha value is -6.64. The van der Waals surface area contributed by atoms with Gasteiger partial charge in [0.2, 0.25) is 0 Å². The summed E-state index contributed by atoms with van der Waals surface area (Å²) in [5.41, 5.74) is 15.5. The molecular formula is C49H36N2. The van der Waals surface area contributed by atoms with Crippen molar-refractivity contribution in [3.05, 3.63) is 200 Å². The number of hydrogen-bond donors (Lipinski definition) is 0. The molecule has 0 amide bonds. The highest BCUT2D eigenvalue weighted by atomic mass is 15.0. The Kier molecular flexibility index (Phi) is 7.56. The van der Waals surface area contributed by atoms with Gasteiger partial charge in [-0.2, -0.15) is 0 Å².